The summed E-state index contributed by atoms with van der Waals surface area (Å²) in [6, 6.07) is 36.2. The molecule has 2 aliphatic rings. The molecule has 2 fully saturated rings. The number of hydrogen-bond donors (Lipinski definition) is 0. The highest BCUT2D eigenvalue weighted by atomic mass is 35.5. The van der Waals surface area contributed by atoms with Gasteiger partial charge in [-0.3, -0.25) is 9.59 Å². The summed E-state index contributed by atoms with van der Waals surface area (Å²) in [7, 11) is -2.78. The molecule has 4 aromatic rings. The van der Waals surface area contributed by atoms with Gasteiger partial charge in [0.1, 0.15) is 22.0 Å². The van der Waals surface area contributed by atoms with E-state index in [-0.39, 0.29) is 11.6 Å². The summed E-state index contributed by atoms with van der Waals surface area (Å²) in [5, 5.41) is 0. The maximum Gasteiger partial charge on any atom is 0.201 e. The highest BCUT2D eigenvalue weighted by Gasteiger charge is 2.72. The van der Waals surface area contributed by atoms with Gasteiger partial charge in [0.25, 0.3) is 0 Å². The number of Topliss-reactive ketones (excluding diaryl/α,β-unsaturated/α-hetero) is 2. The number of ketones is 2. The molecule has 2 aliphatic heterocycles. The number of nitrogens with zero attached hydrogens (tertiary/aromatic N) is 2. The Labute approximate surface area is 298 Å². The summed E-state index contributed by atoms with van der Waals surface area (Å²) in [6.45, 7) is 11.3. The minimum atomic E-state index is -1.39. The normalized spacial score (nSPS) is 27.5. The Morgan fingerprint density at radius 3 is 1.02 bits per heavy atom. The minimum absolute atomic E-state index is 0.212. The van der Waals surface area contributed by atoms with Crippen molar-refractivity contribution >= 4 is 56.7 Å². The van der Waals surface area contributed by atoms with Crippen molar-refractivity contribution in [3.05, 3.63) is 144 Å². The lowest BCUT2D eigenvalue weighted by Gasteiger charge is -2.20. The quantitative estimate of drug-likeness (QED) is 0.0790. The van der Waals surface area contributed by atoms with Gasteiger partial charge in [0.15, 0.2) is 10.00 Å². The second-order valence-corrected chi connectivity index (χ2v) is 19.1. The molecule has 48 heavy (non-hydrogen) atoms. The van der Waals surface area contributed by atoms with Crippen LogP contribution in [0.25, 0.3) is 0 Å². The fourth-order valence-corrected chi connectivity index (χ4v) is 9.65. The summed E-state index contributed by atoms with van der Waals surface area (Å²) >= 11 is 13.6. The summed E-state index contributed by atoms with van der Waals surface area (Å²) in [5.41, 5.74) is 2.85. The molecule has 252 valence electrons. The first kappa shape index (κ1) is 36.3. The summed E-state index contributed by atoms with van der Waals surface area (Å²) in [6.07, 6.45) is 0. The van der Waals surface area contributed by atoms with Crippen molar-refractivity contribution in [2.24, 2.45) is 0 Å². The number of alkyl halides is 2. The van der Waals surface area contributed by atoms with E-state index in [1.54, 1.807) is 57.1 Å². The van der Waals surface area contributed by atoms with Crippen LogP contribution in [-0.2, 0) is 22.0 Å². The fraction of sp³-hybridized carbons (Fsp3) is 0.316. The number of rotatable bonds is 8. The lowest BCUT2D eigenvalue weighted by molar-refractivity contribution is 0.0959. The average Bonchev–Trinajstić information content (AvgIpc) is 3.93. The Morgan fingerprint density at radius 2 is 0.771 bits per heavy atom. The van der Waals surface area contributed by atoms with Crippen LogP contribution in [0.15, 0.2) is 121 Å². The predicted molar refractivity (Wildman–Crippen MR) is 197 cm³/mol. The van der Waals surface area contributed by atoms with Crippen molar-refractivity contribution in [3.63, 3.8) is 0 Å². The van der Waals surface area contributed by atoms with Crippen LogP contribution in [0, 0.1) is 0 Å². The molecule has 0 bridgehead atoms. The Morgan fingerprint density at radius 1 is 0.521 bits per heavy atom. The van der Waals surface area contributed by atoms with E-state index in [2.05, 4.69) is 0 Å². The van der Waals surface area contributed by atoms with Gasteiger partial charge >= 0.3 is 0 Å². The second-order valence-electron chi connectivity index (χ2n) is 13.7. The molecule has 2 unspecified atom stereocenters. The monoisotopic (exact) mass is 722 g/mol. The first-order valence-electron chi connectivity index (χ1n) is 15.7. The Bertz CT molecular complexity index is 1680. The van der Waals surface area contributed by atoms with Crippen molar-refractivity contribution in [3.8, 4) is 0 Å². The van der Waals surface area contributed by atoms with Crippen molar-refractivity contribution in [1.82, 2.24) is 8.61 Å². The standard InChI is InChI=1S/2C19H20ClNO2S/c2*1-18(2,3)24(23)21-16(14-10-6-4-7-11-14)19(21,20)17(22)15-12-8-5-9-13-15/h2*4-13,16H,1-3H3/t2*16-,19+,21?,24+/m00/s1. The largest absolute Gasteiger partial charge is 0.291 e. The zero-order valence-electron chi connectivity index (χ0n) is 27.8. The van der Waals surface area contributed by atoms with Gasteiger partial charge in [0.05, 0.1) is 21.6 Å². The third-order valence-electron chi connectivity index (χ3n) is 8.04. The van der Waals surface area contributed by atoms with E-state index >= 15 is 0 Å². The zero-order chi connectivity index (χ0) is 35.1. The van der Waals surface area contributed by atoms with E-state index in [4.69, 9.17) is 23.2 Å². The molecule has 8 atom stereocenters. The number of hydrogen-bond acceptors (Lipinski definition) is 4. The van der Waals surface area contributed by atoms with Gasteiger partial charge in [-0.1, -0.05) is 145 Å². The van der Waals surface area contributed by atoms with E-state index < -0.39 is 53.5 Å². The highest BCUT2D eigenvalue weighted by molar-refractivity contribution is 7.84. The van der Waals surface area contributed by atoms with Crippen molar-refractivity contribution in [1.29, 1.82) is 0 Å². The number of carbonyl (C=O) groups is 2. The topological polar surface area (TPSA) is 74.3 Å². The molecule has 6 rings (SSSR count). The fourth-order valence-electron chi connectivity index (χ4n) is 5.53. The first-order chi connectivity index (χ1) is 22.6. The second kappa shape index (κ2) is 13.7. The maximum atomic E-state index is 13.0. The molecule has 0 radical (unpaired) electrons. The van der Waals surface area contributed by atoms with E-state index in [0.29, 0.717) is 11.1 Å². The van der Waals surface area contributed by atoms with Gasteiger partial charge in [-0.15, -0.1) is 0 Å². The molecule has 2 heterocycles. The molecular formula is C38H40Cl2N2O4S2. The third-order valence-corrected chi connectivity index (χ3v) is 13.2. The van der Waals surface area contributed by atoms with Crippen LogP contribution in [0.5, 0.6) is 0 Å². The molecule has 0 aliphatic carbocycles. The van der Waals surface area contributed by atoms with E-state index in [0.717, 1.165) is 11.1 Å². The molecule has 10 heteroatoms. The van der Waals surface area contributed by atoms with Crippen LogP contribution in [0.4, 0.5) is 0 Å². The molecule has 0 N–H and O–H groups in total. The summed E-state index contributed by atoms with van der Waals surface area (Å²) in [5.74, 6) is -0.424. The molecule has 2 saturated heterocycles. The molecule has 4 aromatic carbocycles. The third kappa shape index (κ3) is 6.89. The highest BCUT2D eigenvalue weighted by Crippen LogP contribution is 2.61. The first-order valence-corrected chi connectivity index (χ1v) is 18.6. The SMILES string of the molecule is CC(C)(C)[S@@](=O)N1[C@@H](c2ccccc2)[C@]1(Cl)C(=O)c1ccccc1.CC(C)(C)[S@@](=O)N1[C@@H](c2ccccc2)[C@]1(Cl)C(=O)c1ccccc1. The van der Waals surface area contributed by atoms with Gasteiger partial charge in [0, 0.05) is 11.1 Å². The summed E-state index contributed by atoms with van der Waals surface area (Å²) in [4.78, 5) is 23.5. The lowest BCUT2D eigenvalue weighted by Crippen LogP contribution is -2.33. The van der Waals surface area contributed by atoms with Gasteiger partial charge in [-0.25, -0.2) is 8.42 Å². The van der Waals surface area contributed by atoms with Gasteiger partial charge in [0.2, 0.25) is 11.6 Å². The van der Waals surface area contributed by atoms with Crippen molar-refractivity contribution in [2.75, 3.05) is 0 Å². The van der Waals surface area contributed by atoms with Crippen molar-refractivity contribution < 1.29 is 18.0 Å². The van der Waals surface area contributed by atoms with Crippen LogP contribution in [0.3, 0.4) is 0 Å². The predicted octanol–water partition coefficient (Wildman–Crippen LogP) is 8.65. The Balaban J connectivity index is 0.000000188. The molecule has 0 amide bonds. The minimum Gasteiger partial charge on any atom is -0.291 e. The molecule has 6 nitrogen and oxygen atoms in total. The van der Waals surface area contributed by atoms with Gasteiger partial charge in [-0.2, -0.15) is 8.61 Å². The molecule has 0 saturated carbocycles. The average molecular weight is 724 g/mol. The molecular weight excluding hydrogens is 683 g/mol. The van der Waals surface area contributed by atoms with E-state index in [1.165, 1.54) is 0 Å². The van der Waals surface area contributed by atoms with Crippen molar-refractivity contribution in [2.45, 2.75) is 73.1 Å². The molecule has 0 aromatic heterocycles. The van der Waals surface area contributed by atoms with Crippen LogP contribution in [0.2, 0.25) is 0 Å². The van der Waals surface area contributed by atoms with E-state index in [9.17, 15) is 18.0 Å². The smallest absolute Gasteiger partial charge is 0.201 e. The number of carbonyl (C=O) groups excluding carboxylic acids is 2. The van der Waals surface area contributed by atoms with Crippen LogP contribution >= 0.6 is 23.2 Å². The van der Waals surface area contributed by atoms with Gasteiger partial charge in [-0.05, 0) is 52.7 Å². The van der Waals surface area contributed by atoms with Crippen LogP contribution in [0.1, 0.15) is 85.5 Å². The summed E-state index contributed by atoms with van der Waals surface area (Å²) < 4.78 is 28.2. The molecule has 0 spiro atoms. The Kier molecular flexibility index (Phi) is 10.4. The van der Waals surface area contributed by atoms with Crippen LogP contribution in [-0.4, -0.2) is 48.1 Å². The van der Waals surface area contributed by atoms with Crippen LogP contribution < -0.4 is 0 Å². The zero-order valence-corrected chi connectivity index (χ0v) is 30.9. The number of benzene rings is 4. The lowest BCUT2D eigenvalue weighted by atomic mass is 10.0. The van der Waals surface area contributed by atoms with E-state index in [1.807, 2.05) is 114 Å². The Hall–Kier alpha value is -2.98. The maximum absolute atomic E-state index is 13.0. The van der Waals surface area contributed by atoms with Gasteiger partial charge < -0.3 is 0 Å². The number of halogens is 2.